The molecule has 28 heavy (non-hydrogen) atoms. The van der Waals surface area contributed by atoms with Gasteiger partial charge in [0.1, 0.15) is 12.4 Å². The van der Waals surface area contributed by atoms with Crippen molar-refractivity contribution < 1.29 is 19.5 Å². The van der Waals surface area contributed by atoms with Crippen LogP contribution in [0.4, 0.5) is 0 Å². The maximum Gasteiger partial charge on any atom is 0.344 e. The minimum Gasteiger partial charge on any atom is -0.489 e. The third-order valence-electron chi connectivity index (χ3n) is 4.09. The van der Waals surface area contributed by atoms with Crippen molar-refractivity contribution in [2.45, 2.75) is 13.5 Å². The van der Waals surface area contributed by atoms with Gasteiger partial charge in [-0.1, -0.05) is 71.4 Å². The van der Waals surface area contributed by atoms with Gasteiger partial charge >= 0.3 is 5.97 Å². The number of carboxylic acids is 1. The Labute approximate surface area is 163 Å². The second-order valence-corrected chi connectivity index (χ2v) is 6.32. The first-order valence-corrected chi connectivity index (χ1v) is 8.86. The zero-order valence-corrected chi connectivity index (χ0v) is 15.5. The standard InChI is InChI=1S/C23H21NO4/c1-17-2-4-19(5-3-17)15-27-22-12-10-21(11-13-22)20-8-6-18(7-9-20)14-24-28-16-23(25)26/h2-14H,15-16H2,1H3,(H,25,26). The Hall–Kier alpha value is -3.60. The van der Waals surface area contributed by atoms with Crippen LogP contribution in [0.2, 0.25) is 0 Å². The molecule has 0 aliphatic carbocycles. The molecule has 0 bridgehead atoms. The Morgan fingerprint density at radius 2 is 1.54 bits per heavy atom. The molecule has 0 aromatic heterocycles. The van der Waals surface area contributed by atoms with Crippen LogP contribution in [-0.2, 0) is 16.2 Å². The maximum absolute atomic E-state index is 10.4. The average Bonchev–Trinajstić information content (AvgIpc) is 2.72. The second-order valence-electron chi connectivity index (χ2n) is 6.32. The summed E-state index contributed by atoms with van der Waals surface area (Å²) in [4.78, 5) is 15.0. The monoisotopic (exact) mass is 375 g/mol. The molecule has 3 rings (SSSR count). The largest absolute Gasteiger partial charge is 0.489 e. The molecule has 0 unspecified atom stereocenters. The molecule has 5 nitrogen and oxygen atoms in total. The van der Waals surface area contributed by atoms with Crippen molar-refractivity contribution in [3.05, 3.63) is 89.5 Å². The molecule has 0 spiro atoms. The molecule has 0 aliphatic rings. The summed E-state index contributed by atoms with van der Waals surface area (Å²) in [5.74, 6) is -0.234. The Balaban J connectivity index is 1.56. The molecule has 0 radical (unpaired) electrons. The molecule has 0 amide bonds. The van der Waals surface area contributed by atoms with Crippen molar-refractivity contribution in [3.8, 4) is 16.9 Å². The molecule has 5 heteroatoms. The molecule has 1 N–H and O–H groups in total. The second kappa shape index (κ2) is 9.37. The van der Waals surface area contributed by atoms with Gasteiger partial charge in [0, 0.05) is 0 Å². The van der Waals surface area contributed by atoms with Gasteiger partial charge in [0.25, 0.3) is 0 Å². The van der Waals surface area contributed by atoms with Crippen molar-refractivity contribution in [2.24, 2.45) is 5.16 Å². The SMILES string of the molecule is Cc1ccc(COc2ccc(-c3ccc(C=NOCC(=O)O)cc3)cc2)cc1. The Morgan fingerprint density at radius 1 is 0.929 bits per heavy atom. The number of aryl methyl sites for hydroxylation is 1. The van der Waals surface area contributed by atoms with Gasteiger partial charge in [-0.05, 0) is 41.3 Å². The van der Waals surface area contributed by atoms with Gasteiger partial charge in [-0.15, -0.1) is 0 Å². The Kier molecular flexibility index (Phi) is 6.41. The third-order valence-corrected chi connectivity index (χ3v) is 4.09. The summed E-state index contributed by atoms with van der Waals surface area (Å²) in [5, 5.41) is 12.1. The topological polar surface area (TPSA) is 68.1 Å². The number of carboxylic acid groups (broad SMARTS) is 1. The zero-order valence-electron chi connectivity index (χ0n) is 15.5. The van der Waals surface area contributed by atoms with Gasteiger partial charge in [-0.25, -0.2) is 4.79 Å². The first-order valence-electron chi connectivity index (χ1n) is 8.86. The lowest BCUT2D eigenvalue weighted by molar-refractivity contribution is -0.142. The highest BCUT2D eigenvalue weighted by Gasteiger charge is 2.01. The van der Waals surface area contributed by atoms with E-state index in [4.69, 9.17) is 9.84 Å². The quantitative estimate of drug-likeness (QED) is 0.459. The highest BCUT2D eigenvalue weighted by Crippen LogP contribution is 2.23. The number of aliphatic carboxylic acids is 1. The summed E-state index contributed by atoms with van der Waals surface area (Å²) >= 11 is 0. The van der Waals surface area contributed by atoms with Gasteiger partial charge in [0.05, 0.1) is 6.21 Å². The van der Waals surface area contributed by atoms with Gasteiger partial charge in [0.15, 0.2) is 0 Å². The fourth-order valence-electron chi connectivity index (χ4n) is 2.55. The Bertz CT molecular complexity index is 930. The lowest BCUT2D eigenvalue weighted by Gasteiger charge is -2.08. The van der Waals surface area contributed by atoms with E-state index in [1.807, 2.05) is 48.5 Å². The van der Waals surface area contributed by atoms with Gasteiger partial charge < -0.3 is 14.7 Å². The first kappa shape index (κ1) is 19.2. The molecule has 0 fully saturated rings. The number of ether oxygens (including phenoxy) is 1. The van der Waals surface area contributed by atoms with Crippen LogP contribution in [0.3, 0.4) is 0 Å². The number of benzene rings is 3. The smallest absolute Gasteiger partial charge is 0.344 e. The summed E-state index contributed by atoms with van der Waals surface area (Å²) in [6, 6.07) is 24.0. The molecule has 3 aromatic carbocycles. The normalized spacial score (nSPS) is 10.8. The van der Waals surface area contributed by atoms with E-state index in [9.17, 15) is 4.79 Å². The predicted octanol–water partition coefficient (Wildman–Crippen LogP) is 4.68. The summed E-state index contributed by atoms with van der Waals surface area (Å²) in [5.41, 5.74) is 5.34. The van der Waals surface area contributed by atoms with Crippen LogP contribution in [0.1, 0.15) is 16.7 Å². The van der Waals surface area contributed by atoms with Crippen LogP contribution in [0.25, 0.3) is 11.1 Å². The van der Waals surface area contributed by atoms with Crippen molar-refractivity contribution in [1.29, 1.82) is 0 Å². The molecule has 3 aromatic rings. The van der Waals surface area contributed by atoms with Crippen LogP contribution >= 0.6 is 0 Å². The number of nitrogens with zero attached hydrogens (tertiary/aromatic N) is 1. The molecule has 0 aliphatic heterocycles. The van der Waals surface area contributed by atoms with E-state index in [1.165, 1.54) is 11.8 Å². The highest BCUT2D eigenvalue weighted by molar-refractivity contribution is 5.80. The fourth-order valence-corrected chi connectivity index (χ4v) is 2.55. The molecular weight excluding hydrogens is 354 g/mol. The summed E-state index contributed by atoms with van der Waals surface area (Å²) in [7, 11) is 0. The summed E-state index contributed by atoms with van der Waals surface area (Å²) in [6.45, 7) is 2.15. The first-order chi connectivity index (χ1) is 13.6. The molecule has 0 atom stereocenters. The van der Waals surface area contributed by atoms with E-state index < -0.39 is 12.6 Å². The van der Waals surface area contributed by atoms with Crippen LogP contribution in [0, 0.1) is 6.92 Å². The lowest BCUT2D eigenvalue weighted by atomic mass is 10.0. The summed E-state index contributed by atoms with van der Waals surface area (Å²) < 4.78 is 5.84. The Morgan fingerprint density at radius 3 is 2.14 bits per heavy atom. The fraction of sp³-hybridized carbons (Fsp3) is 0.130. The third kappa shape index (κ3) is 5.71. The van der Waals surface area contributed by atoms with E-state index in [0.717, 1.165) is 28.0 Å². The number of rotatable bonds is 8. The minimum absolute atomic E-state index is 0.451. The van der Waals surface area contributed by atoms with Crippen molar-refractivity contribution >= 4 is 12.2 Å². The summed E-state index contributed by atoms with van der Waals surface area (Å²) in [6.07, 6.45) is 1.48. The lowest BCUT2D eigenvalue weighted by Crippen LogP contribution is -2.03. The van der Waals surface area contributed by atoms with E-state index >= 15 is 0 Å². The molecule has 0 saturated carbocycles. The van der Waals surface area contributed by atoms with E-state index in [0.29, 0.717) is 6.61 Å². The maximum atomic E-state index is 10.4. The van der Waals surface area contributed by atoms with Crippen molar-refractivity contribution in [2.75, 3.05) is 6.61 Å². The van der Waals surface area contributed by atoms with Gasteiger partial charge in [0.2, 0.25) is 6.61 Å². The minimum atomic E-state index is -1.06. The van der Waals surface area contributed by atoms with E-state index in [2.05, 4.69) is 41.2 Å². The number of carbonyl (C=O) groups is 1. The van der Waals surface area contributed by atoms with Crippen LogP contribution in [-0.4, -0.2) is 23.9 Å². The van der Waals surface area contributed by atoms with Crippen molar-refractivity contribution in [3.63, 3.8) is 0 Å². The number of hydrogen-bond donors (Lipinski definition) is 1. The predicted molar refractivity (Wildman–Crippen MR) is 109 cm³/mol. The number of oxime groups is 1. The average molecular weight is 375 g/mol. The molecule has 142 valence electrons. The zero-order chi connectivity index (χ0) is 19.8. The number of hydrogen-bond acceptors (Lipinski definition) is 4. The van der Waals surface area contributed by atoms with Crippen molar-refractivity contribution in [1.82, 2.24) is 0 Å². The molecule has 0 heterocycles. The van der Waals surface area contributed by atoms with Crippen LogP contribution in [0.5, 0.6) is 5.75 Å². The van der Waals surface area contributed by atoms with E-state index in [-0.39, 0.29) is 0 Å². The highest BCUT2D eigenvalue weighted by atomic mass is 16.6. The van der Waals surface area contributed by atoms with Crippen LogP contribution in [0.15, 0.2) is 78.0 Å². The van der Waals surface area contributed by atoms with Gasteiger partial charge in [-0.2, -0.15) is 0 Å². The molecule has 0 saturated heterocycles. The van der Waals surface area contributed by atoms with Gasteiger partial charge in [-0.3, -0.25) is 0 Å². The van der Waals surface area contributed by atoms with E-state index in [1.54, 1.807) is 0 Å². The molecular formula is C23H21NO4. The van der Waals surface area contributed by atoms with Crippen LogP contribution < -0.4 is 4.74 Å².